The predicted octanol–water partition coefficient (Wildman–Crippen LogP) is 3.51. The fourth-order valence-electron chi connectivity index (χ4n) is 1.21. The van der Waals surface area contributed by atoms with Crippen LogP contribution >= 0.6 is 15.9 Å². The van der Waals surface area contributed by atoms with Crippen LogP contribution in [0.1, 0.15) is 5.56 Å². The molecular formula is C11H12BrF3O3. The minimum Gasteiger partial charge on any atom is -0.405 e. The normalized spacial score (nSPS) is 11.6. The fourth-order valence-corrected chi connectivity index (χ4v) is 1.62. The van der Waals surface area contributed by atoms with Gasteiger partial charge in [-0.25, -0.2) is 0 Å². The Morgan fingerprint density at radius 2 is 1.94 bits per heavy atom. The number of benzene rings is 1. The van der Waals surface area contributed by atoms with Crippen LogP contribution in [0.15, 0.2) is 22.7 Å². The van der Waals surface area contributed by atoms with Gasteiger partial charge in [0.1, 0.15) is 5.75 Å². The molecule has 0 radical (unpaired) electrons. The Labute approximate surface area is 111 Å². The first-order chi connectivity index (χ1) is 8.42. The second-order valence-electron chi connectivity index (χ2n) is 3.35. The van der Waals surface area contributed by atoms with E-state index in [1.807, 2.05) is 0 Å². The van der Waals surface area contributed by atoms with Gasteiger partial charge in [-0.3, -0.25) is 0 Å². The van der Waals surface area contributed by atoms with E-state index in [1.54, 1.807) is 0 Å². The Kier molecular flexibility index (Phi) is 5.90. The minimum atomic E-state index is -4.71. The summed E-state index contributed by atoms with van der Waals surface area (Å²) in [4.78, 5) is 0. The van der Waals surface area contributed by atoms with Crippen molar-refractivity contribution in [3.8, 4) is 5.75 Å². The van der Waals surface area contributed by atoms with Gasteiger partial charge in [-0.2, -0.15) is 0 Å². The standard InChI is InChI=1S/C11H12BrF3O3/c1-16-4-5-17-7-8-6-9(12)2-3-10(8)18-11(13,14)15/h2-3,6H,4-5,7H2,1H3. The molecule has 0 N–H and O–H groups in total. The number of hydrogen-bond acceptors (Lipinski definition) is 3. The Bertz CT molecular complexity index is 382. The maximum atomic E-state index is 12.2. The van der Waals surface area contributed by atoms with Crippen LogP contribution < -0.4 is 4.74 Å². The van der Waals surface area contributed by atoms with Gasteiger partial charge in [0.15, 0.2) is 0 Å². The smallest absolute Gasteiger partial charge is 0.405 e. The summed E-state index contributed by atoms with van der Waals surface area (Å²) in [6, 6.07) is 4.24. The highest BCUT2D eigenvalue weighted by Crippen LogP contribution is 2.29. The molecule has 0 aliphatic heterocycles. The van der Waals surface area contributed by atoms with Crippen molar-refractivity contribution in [3.05, 3.63) is 28.2 Å². The molecular weight excluding hydrogens is 317 g/mol. The summed E-state index contributed by atoms with van der Waals surface area (Å²) < 4.78 is 51.0. The van der Waals surface area contributed by atoms with E-state index in [1.165, 1.54) is 25.3 Å². The van der Waals surface area contributed by atoms with E-state index >= 15 is 0 Å². The van der Waals surface area contributed by atoms with E-state index in [0.717, 1.165) is 0 Å². The van der Waals surface area contributed by atoms with Crippen molar-refractivity contribution in [1.29, 1.82) is 0 Å². The zero-order valence-corrected chi connectivity index (χ0v) is 11.2. The summed E-state index contributed by atoms with van der Waals surface area (Å²) in [5.41, 5.74) is 0.317. The van der Waals surface area contributed by atoms with Gasteiger partial charge < -0.3 is 14.2 Å². The molecule has 0 saturated heterocycles. The third kappa shape index (κ3) is 5.70. The summed E-state index contributed by atoms with van der Waals surface area (Å²) in [5.74, 6) is -0.261. The molecule has 0 saturated carbocycles. The molecule has 7 heteroatoms. The molecule has 0 amide bonds. The zero-order valence-electron chi connectivity index (χ0n) is 9.59. The van der Waals surface area contributed by atoms with Crippen molar-refractivity contribution in [2.75, 3.05) is 20.3 Å². The van der Waals surface area contributed by atoms with Crippen molar-refractivity contribution in [2.45, 2.75) is 13.0 Å². The first-order valence-corrected chi connectivity index (χ1v) is 5.82. The Balaban J connectivity index is 2.71. The third-order valence-electron chi connectivity index (χ3n) is 1.94. The van der Waals surface area contributed by atoms with Crippen molar-refractivity contribution < 1.29 is 27.4 Å². The lowest BCUT2D eigenvalue weighted by atomic mass is 10.2. The predicted molar refractivity (Wildman–Crippen MR) is 62.4 cm³/mol. The van der Waals surface area contributed by atoms with Crippen molar-refractivity contribution in [2.24, 2.45) is 0 Å². The van der Waals surface area contributed by atoms with E-state index in [4.69, 9.17) is 9.47 Å². The Hall–Kier alpha value is -0.790. The summed E-state index contributed by atoms with van der Waals surface area (Å²) >= 11 is 3.18. The van der Waals surface area contributed by atoms with Crippen molar-refractivity contribution in [1.82, 2.24) is 0 Å². The first kappa shape index (κ1) is 15.3. The Morgan fingerprint density at radius 1 is 1.22 bits per heavy atom. The number of halogens is 4. The summed E-state index contributed by atoms with van der Waals surface area (Å²) in [7, 11) is 1.51. The fraction of sp³-hybridized carbons (Fsp3) is 0.455. The molecule has 18 heavy (non-hydrogen) atoms. The average Bonchev–Trinajstić information content (AvgIpc) is 2.26. The molecule has 0 heterocycles. The highest BCUT2D eigenvalue weighted by atomic mass is 79.9. The van der Waals surface area contributed by atoms with Crippen LogP contribution in [0.25, 0.3) is 0 Å². The van der Waals surface area contributed by atoms with E-state index in [2.05, 4.69) is 20.7 Å². The van der Waals surface area contributed by atoms with Gasteiger partial charge in [-0.15, -0.1) is 13.2 Å². The van der Waals surface area contributed by atoms with E-state index in [-0.39, 0.29) is 12.4 Å². The molecule has 0 bridgehead atoms. The molecule has 0 unspecified atom stereocenters. The van der Waals surface area contributed by atoms with Gasteiger partial charge in [0.2, 0.25) is 0 Å². The van der Waals surface area contributed by atoms with Gasteiger partial charge in [-0.1, -0.05) is 15.9 Å². The largest absolute Gasteiger partial charge is 0.573 e. The molecule has 0 fully saturated rings. The summed E-state index contributed by atoms with van der Waals surface area (Å²) in [5, 5.41) is 0. The second-order valence-corrected chi connectivity index (χ2v) is 4.26. The number of methoxy groups -OCH3 is 1. The highest BCUT2D eigenvalue weighted by Gasteiger charge is 2.32. The lowest BCUT2D eigenvalue weighted by molar-refractivity contribution is -0.275. The van der Waals surface area contributed by atoms with E-state index in [9.17, 15) is 13.2 Å². The number of hydrogen-bond donors (Lipinski definition) is 0. The third-order valence-corrected chi connectivity index (χ3v) is 2.43. The maximum absolute atomic E-state index is 12.2. The van der Waals surface area contributed by atoms with Crippen molar-refractivity contribution >= 4 is 15.9 Å². The molecule has 3 nitrogen and oxygen atoms in total. The summed E-state index contributed by atoms with van der Waals surface area (Å²) in [6.45, 7) is 0.701. The molecule has 0 aromatic heterocycles. The Morgan fingerprint density at radius 3 is 2.56 bits per heavy atom. The van der Waals surface area contributed by atoms with Crippen LogP contribution in [-0.4, -0.2) is 26.7 Å². The molecule has 1 aromatic rings. The van der Waals surface area contributed by atoms with Crippen LogP contribution in [0.3, 0.4) is 0 Å². The topological polar surface area (TPSA) is 27.7 Å². The van der Waals surface area contributed by atoms with E-state index in [0.29, 0.717) is 23.2 Å². The van der Waals surface area contributed by atoms with Gasteiger partial charge in [0.05, 0.1) is 19.8 Å². The van der Waals surface area contributed by atoms with Crippen LogP contribution in [-0.2, 0) is 16.1 Å². The maximum Gasteiger partial charge on any atom is 0.573 e. The zero-order chi connectivity index (χ0) is 13.6. The lowest BCUT2D eigenvalue weighted by Gasteiger charge is -2.13. The van der Waals surface area contributed by atoms with Crippen LogP contribution in [0.5, 0.6) is 5.75 Å². The van der Waals surface area contributed by atoms with Gasteiger partial charge in [-0.05, 0) is 18.2 Å². The molecule has 1 rings (SSSR count). The molecule has 0 aliphatic carbocycles. The van der Waals surface area contributed by atoms with E-state index < -0.39 is 6.36 Å². The summed E-state index contributed by atoms with van der Waals surface area (Å²) in [6.07, 6.45) is -4.71. The monoisotopic (exact) mass is 328 g/mol. The second kappa shape index (κ2) is 6.96. The van der Waals surface area contributed by atoms with Gasteiger partial charge in [0, 0.05) is 17.1 Å². The average molecular weight is 329 g/mol. The molecule has 0 aliphatic rings. The molecule has 1 aromatic carbocycles. The lowest BCUT2D eigenvalue weighted by Crippen LogP contribution is -2.18. The number of alkyl halides is 3. The van der Waals surface area contributed by atoms with Gasteiger partial charge >= 0.3 is 6.36 Å². The van der Waals surface area contributed by atoms with Crippen molar-refractivity contribution in [3.63, 3.8) is 0 Å². The van der Waals surface area contributed by atoms with Gasteiger partial charge in [0.25, 0.3) is 0 Å². The molecule has 0 spiro atoms. The first-order valence-electron chi connectivity index (χ1n) is 5.03. The molecule has 102 valence electrons. The SMILES string of the molecule is COCCOCc1cc(Br)ccc1OC(F)(F)F. The minimum absolute atomic E-state index is 0.0220. The highest BCUT2D eigenvalue weighted by molar-refractivity contribution is 9.10. The van der Waals surface area contributed by atoms with Crippen LogP contribution in [0.4, 0.5) is 13.2 Å². The molecule has 0 atom stereocenters. The van der Waals surface area contributed by atoms with Crippen LogP contribution in [0.2, 0.25) is 0 Å². The van der Waals surface area contributed by atoms with Crippen LogP contribution in [0, 0.1) is 0 Å². The number of ether oxygens (including phenoxy) is 3. The quantitative estimate of drug-likeness (QED) is 0.748. The number of rotatable bonds is 6.